The van der Waals surface area contributed by atoms with Gasteiger partial charge in [0.25, 0.3) is 9.05 Å². The summed E-state index contributed by atoms with van der Waals surface area (Å²) in [5, 5.41) is 0. The van der Waals surface area contributed by atoms with Gasteiger partial charge in [-0.3, -0.25) is 0 Å². The molecule has 0 unspecified atom stereocenters. The van der Waals surface area contributed by atoms with E-state index in [0.29, 0.717) is 0 Å². The first kappa shape index (κ1) is 8.20. The van der Waals surface area contributed by atoms with Crippen molar-refractivity contribution in [2.45, 2.75) is 3.07 Å². The van der Waals surface area contributed by atoms with E-state index in [0.717, 1.165) is 0 Å². The summed E-state index contributed by atoms with van der Waals surface area (Å²) in [6, 6.07) is 0. The second-order valence-corrected chi connectivity index (χ2v) is 7.72. The first-order valence-corrected chi connectivity index (χ1v) is 5.36. The first-order valence-electron chi connectivity index (χ1n) is 1.16. The SMILES string of the molecule is O=S(=O)(Cl)C(Br)Br. The summed E-state index contributed by atoms with van der Waals surface area (Å²) >= 11 is 5.38. The molecule has 0 heterocycles. The molecule has 0 rings (SSSR count). The predicted molar refractivity (Wildman–Crippen MR) is 36.4 cm³/mol. The molecule has 0 aliphatic rings. The van der Waals surface area contributed by atoms with E-state index in [1.165, 1.54) is 0 Å². The smallest absolute Gasteiger partial charge is 0.210 e. The molecule has 0 radical (unpaired) electrons. The van der Waals surface area contributed by atoms with E-state index >= 15 is 0 Å². The van der Waals surface area contributed by atoms with Crippen molar-refractivity contribution in [2.75, 3.05) is 0 Å². The van der Waals surface area contributed by atoms with Gasteiger partial charge in [0, 0.05) is 10.7 Å². The zero-order chi connectivity index (χ0) is 6.08. The molecule has 0 saturated heterocycles. The fourth-order valence-electron chi connectivity index (χ4n) is 0. The van der Waals surface area contributed by atoms with E-state index in [1.54, 1.807) is 0 Å². The fourth-order valence-corrected chi connectivity index (χ4v) is 0. The largest absolute Gasteiger partial charge is 0.255 e. The van der Waals surface area contributed by atoms with E-state index in [9.17, 15) is 8.42 Å². The van der Waals surface area contributed by atoms with Crippen LogP contribution in [0.25, 0.3) is 0 Å². The summed E-state index contributed by atoms with van der Waals surface area (Å²) in [6.07, 6.45) is 0. The Bertz CT molecular complexity index is 138. The monoisotopic (exact) mass is 270 g/mol. The third-order valence-electron chi connectivity index (χ3n) is 0.213. The topological polar surface area (TPSA) is 34.1 Å². The van der Waals surface area contributed by atoms with Gasteiger partial charge in [0.05, 0.1) is 0 Å². The maximum atomic E-state index is 10.0. The molecule has 7 heavy (non-hydrogen) atoms. The van der Waals surface area contributed by atoms with Crippen LogP contribution in [0.3, 0.4) is 0 Å². The molecule has 0 N–H and O–H groups in total. The van der Waals surface area contributed by atoms with Gasteiger partial charge in [-0.1, -0.05) is 31.9 Å². The summed E-state index contributed by atoms with van der Waals surface area (Å²) in [6.45, 7) is 0. The molecule has 0 aromatic heterocycles. The fraction of sp³-hybridized carbons (Fsp3) is 1.00. The van der Waals surface area contributed by atoms with Crippen LogP contribution in [0.4, 0.5) is 0 Å². The minimum absolute atomic E-state index is 0.839. The van der Waals surface area contributed by atoms with Crippen LogP contribution < -0.4 is 0 Å². The maximum absolute atomic E-state index is 10.0. The van der Waals surface area contributed by atoms with Crippen LogP contribution in [0.15, 0.2) is 0 Å². The molecule has 6 heteroatoms. The Morgan fingerprint density at radius 3 is 1.57 bits per heavy atom. The van der Waals surface area contributed by atoms with Crippen LogP contribution in [-0.2, 0) is 9.05 Å². The Labute approximate surface area is 62.9 Å². The molecule has 0 saturated carbocycles. The predicted octanol–water partition coefficient (Wildman–Crippen LogP) is 1.63. The highest BCUT2D eigenvalue weighted by Crippen LogP contribution is 2.19. The van der Waals surface area contributed by atoms with Crippen LogP contribution in [0.2, 0.25) is 0 Å². The van der Waals surface area contributed by atoms with Gasteiger partial charge < -0.3 is 0 Å². The van der Waals surface area contributed by atoms with Crippen molar-refractivity contribution in [2.24, 2.45) is 0 Å². The molecule has 0 aliphatic carbocycles. The molecule has 0 amide bonds. The van der Waals surface area contributed by atoms with Crippen molar-refractivity contribution >= 4 is 51.6 Å². The van der Waals surface area contributed by atoms with E-state index in [1.807, 2.05) is 0 Å². The first-order chi connectivity index (χ1) is 2.94. The molecule has 2 nitrogen and oxygen atoms in total. The second-order valence-electron chi connectivity index (χ2n) is 0.736. The highest BCUT2D eigenvalue weighted by Gasteiger charge is 2.13. The highest BCUT2D eigenvalue weighted by atomic mass is 79.9. The van der Waals surface area contributed by atoms with Gasteiger partial charge in [-0.05, 0) is 0 Å². The zero-order valence-corrected chi connectivity index (χ0v) is 7.68. The molecular weight excluding hydrogens is 271 g/mol. The van der Waals surface area contributed by atoms with E-state index in [2.05, 4.69) is 31.9 Å². The Balaban J connectivity index is 4.10. The van der Waals surface area contributed by atoms with E-state index in [-0.39, 0.29) is 0 Å². The van der Waals surface area contributed by atoms with Gasteiger partial charge in [-0.2, -0.15) is 0 Å². The van der Waals surface area contributed by atoms with Gasteiger partial charge in [-0.25, -0.2) is 8.42 Å². The molecule has 0 bridgehead atoms. The molecule has 0 aliphatic heterocycles. The molecule has 0 spiro atoms. The van der Waals surface area contributed by atoms with Crippen molar-refractivity contribution in [3.8, 4) is 0 Å². The summed E-state index contributed by atoms with van der Waals surface area (Å²) in [4.78, 5) is 0. The Kier molecular flexibility index (Phi) is 3.12. The molecule has 0 aromatic carbocycles. The summed E-state index contributed by atoms with van der Waals surface area (Å²) in [5.74, 6) is 0. The van der Waals surface area contributed by atoms with Crippen LogP contribution in [0, 0.1) is 0 Å². The molecular formula is CHBr2ClO2S. The summed E-state index contributed by atoms with van der Waals surface area (Å²) in [5.41, 5.74) is 0. The number of hydrogen-bond acceptors (Lipinski definition) is 2. The van der Waals surface area contributed by atoms with Crippen molar-refractivity contribution in [3.05, 3.63) is 0 Å². The lowest BCUT2D eigenvalue weighted by molar-refractivity contribution is 0.613. The second kappa shape index (κ2) is 2.66. The van der Waals surface area contributed by atoms with Crippen molar-refractivity contribution in [1.82, 2.24) is 0 Å². The average molecular weight is 272 g/mol. The third kappa shape index (κ3) is 3.76. The van der Waals surface area contributed by atoms with Gasteiger partial charge in [0.1, 0.15) is 0 Å². The lowest BCUT2D eigenvalue weighted by atomic mass is 11.9. The van der Waals surface area contributed by atoms with E-state index in [4.69, 9.17) is 10.7 Å². The molecule has 0 atom stereocenters. The van der Waals surface area contributed by atoms with Crippen LogP contribution in [-0.4, -0.2) is 11.5 Å². The van der Waals surface area contributed by atoms with E-state index < -0.39 is 12.1 Å². The number of halogens is 3. The van der Waals surface area contributed by atoms with Crippen molar-refractivity contribution in [3.63, 3.8) is 0 Å². The lowest BCUT2D eigenvalue weighted by Gasteiger charge is -1.89. The van der Waals surface area contributed by atoms with Gasteiger partial charge in [0.2, 0.25) is 0 Å². The van der Waals surface area contributed by atoms with Crippen LogP contribution in [0.1, 0.15) is 0 Å². The third-order valence-corrected chi connectivity index (χ3v) is 5.42. The Morgan fingerprint density at radius 2 is 1.57 bits per heavy atom. The molecule has 0 fully saturated rings. The lowest BCUT2D eigenvalue weighted by Crippen LogP contribution is -1.96. The minimum atomic E-state index is -3.44. The summed E-state index contributed by atoms with van der Waals surface area (Å²) in [7, 11) is 1.31. The van der Waals surface area contributed by atoms with Crippen molar-refractivity contribution in [1.29, 1.82) is 0 Å². The normalized spacial score (nSPS) is 12.6. The zero-order valence-electron chi connectivity index (χ0n) is 2.94. The van der Waals surface area contributed by atoms with Crippen LogP contribution >= 0.6 is 42.5 Å². The molecule has 0 aromatic rings. The molecule has 44 valence electrons. The Hall–Kier alpha value is 1.20. The van der Waals surface area contributed by atoms with Crippen molar-refractivity contribution < 1.29 is 8.42 Å². The standard InChI is InChI=1S/CHBr2ClO2S/c2-1(3)7(4,5)6/h1H. The maximum Gasteiger partial charge on any atom is 0.255 e. The van der Waals surface area contributed by atoms with Crippen LogP contribution in [0.5, 0.6) is 0 Å². The number of alkyl halides is 2. The quantitative estimate of drug-likeness (QED) is 0.537. The highest BCUT2D eigenvalue weighted by molar-refractivity contribution is 9.27. The van der Waals surface area contributed by atoms with Gasteiger partial charge in [0.15, 0.2) is 3.07 Å². The number of hydrogen-bond donors (Lipinski definition) is 0. The Morgan fingerprint density at radius 1 is 1.43 bits per heavy atom. The average Bonchev–Trinajstić information content (AvgIpc) is 1.31. The minimum Gasteiger partial charge on any atom is -0.210 e. The van der Waals surface area contributed by atoms with Gasteiger partial charge >= 0.3 is 0 Å². The summed E-state index contributed by atoms with van der Waals surface area (Å²) < 4.78 is 19.2. The number of rotatable bonds is 1. The van der Waals surface area contributed by atoms with Gasteiger partial charge in [-0.15, -0.1) is 0 Å².